The van der Waals surface area contributed by atoms with E-state index in [9.17, 15) is 13.2 Å². The van der Waals surface area contributed by atoms with Gasteiger partial charge in [-0.05, 0) is 5.56 Å². The molecule has 102 valence electrons. The lowest BCUT2D eigenvalue weighted by atomic mass is 9.95. The van der Waals surface area contributed by atoms with Crippen molar-refractivity contribution in [3.05, 3.63) is 35.9 Å². The van der Waals surface area contributed by atoms with Crippen LogP contribution in [0.15, 0.2) is 30.3 Å². The summed E-state index contributed by atoms with van der Waals surface area (Å²) >= 11 is 0. The number of rotatable bonds is 2. The van der Waals surface area contributed by atoms with Gasteiger partial charge in [0.2, 0.25) is 0 Å². The summed E-state index contributed by atoms with van der Waals surface area (Å²) in [5.41, 5.74) is 6.93. The Kier molecular flexibility index (Phi) is 5.01. The summed E-state index contributed by atoms with van der Waals surface area (Å²) < 4.78 is 36.8. The molecule has 6 heteroatoms. The summed E-state index contributed by atoms with van der Waals surface area (Å²) in [7, 11) is 0. The number of benzene rings is 1. The molecule has 0 amide bonds. The van der Waals surface area contributed by atoms with Crippen LogP contribution in [-0.2, 0) is 0 Å². The molecule has 18 heavy (non-hydrogen) atoms. The molecule has 0 spiro atoms. The van der Waals surface area contributed by atoms with Crippen molar-refractivity contribution in [2.45, 2.75) is 18.1 Å². The maximum absolute atomic E-state index is 12.3. The molecule has 1 saturated heterocycles. The van der Waals surface area contributed by atoms with Gasteiger partial charge in [-0.2, -0.15) is 13.2 Å². The van der Waals surface area contributed by atoms with E-state index >= 15 is 0 Å². The van der Waals surface area contributed by atoms with Crippen molar-refractivity contribution in [2.75, 3.05) is 19.6 Å². The van der Waals surface area contributed by atoms with Gasteiger partial charge in [0.15, 0.2) is 0 Å². The van der Waals surface area contributed by atoms with Crippen LogP contribution in [0.4, 0.5) is 13.2 Å². The predicted molar refractivity (Wildman–Crippen MR) is 66.9 cm³/mol. The highest BCUT2D eigenvalue weighted by atomic mass is 35.5. The van der Waals surface area contributed by atoms with Gasteiger partial charge in [0.25, 0.3) is 0 Å². The van der Waals surface area contributed by atoms with Gasteiger partial charge in [0.05, 0.1) is 6.54 Å². The molecule has 0 radical (unpaired) electrons. The Hall–Kier alpha value is -0.780. The first kappa shape index (κ1) is 15.3. The first-order valence-corrected chi connectivity index (χ1v) is 5.55. The van der Waals surface area contributed by atoms with Gasteiger partial charge in [-0.25, -0.2) is 0 Å². The van der Waals surface area contributed by atoms with Gasteiger partial charge >= 0.3 is 6.18 Å². The molecule has 0 saturated carbocycles. The lowest BCUT2D eigenvalue weighted by molar-refractivity contribution is -0.143. The molecule has 1 aromatic rings. The van der Waals surface area contributed by atoms with E-state index < -0.39 is 12.7 Å². The zero-order chi connectivity index (χ0) is 12.5. The molecule has 2 atom stereocenters. The zero-order valence-corrected chi connectivity index (χ0v) is 10.5. The summed E-state index contributed by atoms with van der Waals surface area (Å²) in [5.74, 6) is -0.00134. The third-order valence-electron chi connectivity index (χ3n) is 3.07. The lowest BCUT2D eigenvalue weighted by Gasteiger charge is -2.17. The summed E-state index contributed by atoms with van der Waals surface area (Å²) in [6.07, 6.45) is -4.15. The number of alkyl halides is 3. The topological polar surface area (TPSA) is 29.3 Å². The predicted octanol–water partition coefficient (Wildman–Crippen LogP) is 2.40. The summed E-state index contributed by atoms with van der Waals surface area (Å²) in [4.78, 5) is 1.38. The fourth-order valence-electron chi connectivity index (χ4n) is 2.35. The minimum Gasteiger partial charge on any atom is -0.326 e. The van der Waals surface area contributed by atoms with E-state index in [1.54, 1.807) is 0 Å². The molecule has 2 rings (SSSR count). The van der Waals surface area contributed by atoms with Gasteiger partial charge in [-0.15, -0.1) is 12.4 Å². The molecule has 1 aromatic carbocycles. The molecule has 2 N–H and O–H groups in total. The van der Waals surface area contributed by atoms with E-state index in [0.29, 0.717) is 13.1 Å². The van der Waals surface area contributed by atoms with Crippen LogP contribution in [-0.4, -0.2) is 36.8 Å². The third-order valence-corrected chi connectivity index (χ3v) is 3.07. The van der Waals surface area contributed by atoms with Crippen LogP contribution < -0.4 is 5.73 Å². The Morgan fingerprint density at radius 3 is 2.33 bits per heavy atom. The minimum absolute atomic E-state index is 0. The highest BCUT2D eigenvalue weighted by Crippen LogP contribution is 2.28. The molecule has 1 heterocycles. The third kappa shape index (κ3) is 3.86. The second-order valence-electron chi connectivity index (χ2n) is 4.49. The van der Waals surface area contributed by atoms with Crippen LogP contribution in [0.1, 0.15) is 11.5 Å². The molecule has 0 aliphatic carbocycles. The molecule has 2 nitrogen and oxygen atoms in total. The van der Waals surface area contributed by atoms with Crippen molar-refractivity contribution in [3.63, 3.8) is 0 Å². The number of nitrogens with two attached hydrogens (primary N) is 1. The van der Waals surface area contributed by atoms with Gasteiger partial charge in [-0.1, -0.05) is 30.3 Å². The van der Waals surface area contributed by atoms with Crippen molar-refractivity contribution >= 4 is 12.4 Å². The van der Waals surface area contributed by atoms with Crippen molar-refractivity contribution in [3.8, 4) is 0 Å². The van der Waals surface area contributed by atoms with Crippen LogP contribution in [0, 0.1) is 0 Å². The van der Waals surface area contributed by atoms with Crippen molar-refractivity contribution in [1.82, 2.24) is 4.90 Å². The molecule has 1 fully saturated rings. The van der Waals surface area contributed by atoms with Crippen LogP contribution in [0.3, 0.4) is 0 Å². The number of hydrogen-bond donors (Lipinski definition) is 1. The number of likely N-dealkylation sites (tertiary alicyclic amines) is 1. The van der Waals surface area contributed by atoms with E-state index in [0.717, 1.165) is 5.56 Å². The summed E-state index contributed by atoms with van der Waals surface area (Å²) in [6, 6.07) is 9.27. The first-order chi connectivity index (χ1) is 7.96. The van der Waals surface area contributed by atoms with Crippen LogP contribution in [0.5, 0.6) is 0 Å². The Labute approximate surface area is 110 Å². The SMILES string of the molecule is Cl.NC1CN(CC(F)(F)F)CC1c1ccccc1. The summed E-state index contributed by atoms with van der Waals surface area (Å²) in [5, 5.41) is 0. The van der Waals surface area contributed by atoms with Gasteiger partial charge in [0, 0.05) is 25.0 Å². The van der Waals surface area contributed by atoms with Gasteiger partial charge in [-0.3, -0.25) is 4.90 Å². The van der Waals surface area contributed by atoms with Crippen molar-refractivity contribution < 1.29 is 13.2 Å². The molecule has 0 bridgehead atoms. The second-order valence-corrected chi connectivity index (χ2v) is 4.49. The Bertz CT molecular complexity index is 369. The van der Waals surface area contributed by atoms with Crippen LogP contribution in [0.2, 0.25) is 0 Å². The Balaban J connectivity index is 0.00000162. The fraction of sp³-hybridized carbons (Fsp3) is 0.500. The highest BCUT2D eigenvalue weighted by molar-refractivity contribution is 5.85. The molecule has 1 aliphatic rings. The maximum atomic E-state index is 12.3. The van der Waals surface area contributed by atoms with E-state index in [2.05, 4.69) is 0 Å². The monoisotopic (exact) mass is 280 g/mol. The first-order valence-electron chi connectivity index (χ1n) is 5.55. The van der Waals surface area contributed by atoms with Gasteiger partial charge in [0.1, 0.15) is 0 Å². The van der Waals surface area contributed by atoms with E-state index in [1.165, 1.54) is 4.90 Å². The van der Waals surface area contributed by atoms with E-state index in [1.807, 2.05) is 30.3 Å². The molecular weight excluding hydrogens is 265 g/mol. The Morgan fingerprint density at radius 1 is 1.17 bits per heavy atom. The smallest absolute Gasteiger partial charge is 0.326 e. The maximum Gasteiger partial charge on any atom is 0.401 e. The van der Waals surface area contributed by atoms with Crippen LogP contribution >= 0.6 is 12.4 Å². The second kappa shape index (κ2) is 5.91. The lowest BCUT2D eigenvalue weighted by Crippen LogP contribution is -2.34. The van der Waals surface area contributed by atoms with Crippen molar-refractivity contribution in [2.24, 2.45) is 5.73 Å². The van der Waals surface area contributed by atoms with Crippen molar-refractivity contribution in [1.29, 1.82) is 0 Å². The number of halogens is 4. The van der Waals surface area contributed by atoms with Crippen LogP contribution in [0.25, 0.3) is 0 Å². The zero-order valence-electron chi connectivity index (χ0n) is 9.73. The average molecular weight is 281 g/mol. The largest absolute Gasteiger partial charge is 0.401 e. The molecule has 0 aromatic heterocycles. The highest BCUT2D eigenvalue weighted by Gasteiger charge is 2.37. The molecule has 2 unspecified atom stereocenters. The summed E-state index contributed by atoms with van der Waals surface area (Å²) in [6.45, 7) is -0.187. The quantitative estimate of drug-likeness (QED) is 0.901. The molecular formula is C12H16ClF3N2. The fourth-order valence-corrected chi connectivity index (χ4v) is 2.35. The van der Waals surface area contributed by atoms with E-state index in [4.69, 9.17) is 5.73 Å². The minimum atomic E-state index is -4.15. The standard InChI is InChI=1S/C12H15F3N2.ClH/c13-12(14,15)8-17-6-10(11(16)7-17)9-4-2-1-3-5-9;/h1-5,10-11H,6-8,16H2;1H. The molecule has 1 aliphatic heterocycles. The van der Waals surface area contributed by atoms with E-state index in [-0.39, 0.29) is 24.4 Å². The number of nitrogens with zero attached hydrogens (tertiary/aromatic N) is 1. The van der Waals surface area contributed by atoms with Gasteiger partial charge < -0.3 is 5.73 Å². The number of hydrogen-bond acceptors (Lipinski definition) is 2. The average Bonchev–Trinajstić information content (AvgIpc) is 2.58. The normalized spacial score (nSPS) is 24.9. The Morgan fingerprint density at radius 2 is 1.78 bits per heavy atom.